The lowest BCUT2D eigenvalue weighted by Crippen LogP contribution is -2.45. The zero-order valence-electron chi connectivity index (χ0n) is 12.0. The Labute approximate surface area is 106 Å². The Hall–Kier alpha value is -0.610. The number of hydrogen-bond acceptors (Lipinski definition) is 3. The second-order valence-corrected chi connectivity index (χ2v) is 5.97. The monoisotopic (exact) mass is 243 g/mol. The van der Waals surface area contributed by atoms with Gasteiger partial charge in [-0.1, -0.05) is 20.8 Å². The van der Waals surface area contributed by atoms with Crippen molar-refractivity contribution in [3.05, 3.63) is 0 Å². The Morgan fingerprint density at radius 2 is 1.94 bits per heavy atom. The first-order valence-corrected chi connectivity index (χ1v) is 6.41. The molecular weight excluding hydrogens is 214 g/mol. The van der Waals surface area contributed by atoms with Crippen LogP contribution < -0.4 is 11.1 Å². The van der Waals surface area contributed by atoms with E-state index in [-0.39, 0.29) is 17.4 Å². The van der Waals surface area contributed by atoms with E-state index in [1.165, 1.54) is 0 Å². The lowest BCUT2D eigenvalue weighted by atomic mass is 9.84. The quantitative estimate of drug-likeness (QED) is 0.706. The largest absolute Gasteiger partial charge is 0.353 e. The van der Waals surface area contributed by atoms with Crippen molar-refractivity contribution >= 4 is 5.91 Å². The highest BCUT2D eigenvalue weighted by molar-refractivity contribution is 5.76. The Morgan fingerprint density at radius 1 is 1.35 bits per heavy atom. The van der Waals surface area contributed by atoms with E-state index in [0.29, 0.717) is 13.0 Å². The zero-order valence-corrected chi connectivity index (χ0v) is 12.0. The minimum absolute atomic E-state index is 0.0917. The van der Waals surface area contributed by atoms with Crippen LogP contribution in [-0.4, -0.2) is 44.0 Å². The highest BCUT2D eigenvalue weighted by atomic mass is 16.1. The molecule has 3 N–H and O–H groups in total. The van der Waals surface area contributed by atoms with Gasteiger partial charge >= 0.3 is 0 Å². The minimum atomic E-state index is 0.0917. The molecule has 0 spiro atoms. The van der Waals surface area contributed by atoms with Gasteiger partial charge in [0.25, 0.3) is 0 Å². The summed E-state index contributed by atoms with van der Waals surface area (Å²) in [6.07, 6.45) is 2.27. The summed E-state index contributed by atoms with van der Waals surface area (Å²) in [5.41, 5.74) is 5.50. The Bertz CT molecular complexity index is 221. The van der Waals surface area contributed by atoms with E-state index in [2.05, 4.69) is 45.1 Å². The van der Waals surface area contributed by atoms with Gasteiger partial charge in [0, 0.05) is 12.5 Å². The van der Waals surface area contributed by atoms with Crippen molar-refractivity contribution in [2.24, 2.45) is 11.1 Å². The maximum atomic E-state index is 11.7. The summed E-state index contributed by atoms with van der Waals surface area (Å²) >= 11 is 0. The van der Waals surface area contributed by atoms with Crippen LogP contribution in [-0.2, 0) is 4.79 Å². The number of carbonyl (C=O) groups excluding carboxylic acids is 1. The van der Waals surface area contributed by atoms with Crippen LogP contribution in [0.2, 0.25) is 0 Å². The van der Waals surface area contributed by atoms with Gasteiger partial charge in [0.15, 0.2) is 0 Å². The van der Waals surface area contributed by atoms with E-state index in [4.69, 9.17) is 5.73 Å². The predicted molar refractivity (Wildman–Crippen MR) is 72.8 cm³/mol. The molecule has 0 bridgehead atoms. The molecule has 0 aromatic rings. The van der Waals surface area contributed by atoms with Crippen LogP contribution in [0.4, 0.5) is 0 Å². The van der Waals surface area contributed by atoms with E-state index in [1.54, 1.807) is 0 Å². The molecule has 4 heteroatoms. The fourth-order valence-corrected chi connectivity index (χ4v) is 1.64. The molecular formula is C13H29N3O. The van der Waals surface area contributed by atoms with E-state index >= 15 is 0 Å². The molecule has 0 aliphatic carbocycles. The summed E-state index contributed by atoms with van der Waals surface area (Å²) in [7, 11) is 4.10. The highest BCUT2D eigenvalue weighted by Gasteiger charge is 2.25. The van der Waals surface area contributed by atoms with Crippen molar-refractivity contribution in [3.8, 4) is 0 Å². The molecule has 0 radical (unpaired) electrons. The Morgan fingerprint density at radius 3 is 2.35 bits per heavy atom. The molecule has 0 rings (SSSR count). The average Bonchev–Trinajstić information content (AvgIpc) is 2.19. The van der Waals surface area contributed by atoms with Gasteiger partial charge in [-0.25, -0.2) is 0 Å². The molecule has 4 nitrogen and oxygen atoms in total. The third-order valence-corrected chi connectivity index (χ3v) is 2.85. The molecule has 0 aromatic heterocycles. The van der Waals surface area contributed by atoms with Crippen LogP contribution in [0.1, 0.15) is 40.0 Å². The third-order valence-electron chi connectivity index (χ3n) is 2.85. The lowest BCUT2D eigenvalue weighted by molar-refractivity contribution is -0.122. The van der Waals surface area contributed by atoms with E-state index in [1.807, 2.05) is 0 Å². The molecule has 0 saturated heterocycles. The molecule has 17 heavy (non-hydrogen) atoms. The van der Waals surface area contributed by atoms with Gasteiger partial charge in [0.1, 0.15) is 0 Å². The van der Waals surface area contributed by atoms with Gasteiger partial charge in [-0.05, 0) is 45.4 Å². The predicted octanol–water partition coefficient (Wildman–Crippen LogP) is 1.21. The van der Waals surface area contributed by atoms with Crippen LogP contribution in [0.3, 0.4) is 0 Å². The summed E-state index contributed by atoms with van der Waals surface area (Å²) in [4.78, 5) is 13.9. The summed E-state index contributed by atoms with van der Waals surface area (Å²) in [6, 6.07) is 0.218. The molecule has 0 aliphatic heterocycles. The minimum Gasteiger partial charge on any atom is -0.353 e. The Balaban J connectivity index is 4.24. The van der Waals surface area contributed by atoms with Crippen molar-refractivity contribution in [2.75, 3.05) is 27.2 Å². The number of nitrogens with zero attached hydrogens (tertiary/aromatic N) is 1. The first-order chi connectivity index (χ1) is 7.77. The summed E-state index contributed by atoms with van der Waals surface area (Å²) in [5.74, 6) is 0.120. The molecule has 1 atom stereocenters. The zero-order chi connectivity index (χ0) is 13.5. The maximum absolute atomic E-state index is 11.7. The lowest BCUT2D eigenvalue weighted by Gasteiger charge is -2.32. The standard InChI is InChI=1S/C13H29N3O/c1-13(2,3)11(8-10-16(4)5)15-12(17)7-6-9-14/h11H,6-10,14H2,1-5H3,(H,15,17). The molecule has 0 heterocycles. The van der Waals surface area contributed by atoms with Crippen molar-refractivity contribution in [3.63, 3.8) is 0 Å². The molecule has 1 unspecified atom stereocenters. The topological polar surface area (TPSA) is 58.4 Å². The average molecular weight is 243 g/mol. The van der Waals surface area contributed by atoms with Gasteiger partial charge < -0.3 is 16.0 Å². The van der Waals surface area contributed by atoms with Gasteiger partial charge in [-0.15, -0.1) is 0 Å². The van der Waals surface area contributed by atoms with Crippen LogP contribution >= 0.6 is 0 Å². The van der Waals surface area contributed by atoms with E-state index in [0.717, 1.165) is 19.4 Å². The molecule has 0 aliphatic rings. The fourth-order valence-electron chi connectivity index (χ4n) is 1.64. The van der Waals surface area contributed by atoms with E-state index < -0.39 is 0 Å². The van der Waals surface area contributed by atoms with Crippen molar-refractivity contribution in [2.45, 2.75) is 46.1 Å². The van der Waals surface area contributed by atoms with E-state index in [9.17, 15) is 4.79 Å². The van der Waals surface area contributed by atoms with Gasteiger partial charge in [-0.2, -0.15) is 0 Å². The number of nitrogens with one attached hydrogen (secondary N) is 1. The maximum Gasteiger partial charge on any atom is 0.220 e. The van der Waals surface area contributed by atoms with Crippen LogP contribution in [0.5, 0.6) is 0 Å². The first-order valence-electron chi connectivity index (χ1n) is 6.41. The summed E-state index contributed by atoms with van der Waals surface area (Å²) in [5, 5.41) is 3.13. The number of hydrogen-bond donors (Lipinski definition) is 2. The van der Waals surface area contributed by atoms with Crippen molar-refractivity contribution < 1.29 is 4.79 Å². The SMILES string of the molecule is CN(C)CCC(NC(=O)CCCN)C(C)(C)C. The second kappa shape index (κ2) is 7.67. The van der Waals surface area contributed by atoms with Crippen LogP contribution in [0.25, 0.3) is 0 Å². The first kappa shape index (κ1) is 16.4. The summed E-state index contributed by atoms with van der Waals surface area (Å²) in [6.45, 7) is 8.05. The molecule has 0 saturated carbocycles. The molecule has 0 aromatic carbocycles. The highest BCUT2D eigenvalue weighted by Crippen LogP contribution is 2.22. The second-order valence-electron chi connectivity index (χ2n) is 5.97. The van der Waals surface area contributed by atoms with Crippen LogP contribution in [0.15, 0.2) is 0 Å². The van der Waals surface area contributed by atoms with Gasteiger partial charge in [-0.3, -0.25) is 4.79 Å². The van der Waals surface area contributed by atoms with Gasteiger partial charge in [0.2, 0.25) is 5.91 Å². The number of rotatable bonds is 7. The van der Waals surface area contributed by atoms with Gasteiger partial charge in [0.05, 0.1) is 0 Å². The van der Waals surface area contributed by atoms with Crippen LogP contribution in [0, 0.1) is 5.41 Å². The molecule has 102 valence electrons. The normalized spacial score (nSPS) is 13.8. The van der Waals surface area contributed by atoms with Crippen molar-refractivity contribution in [1.82, 2.24) is 10.2 Å². The molecule has 1 amide bonds. The Kier molecular flexibility index (Phi) is 7.39. The molecule has 0 fully saturated rings. The number of carbonyl (C=O) groups is 1. The summed E-state index contributed by atoms with van der Waals surface area (Å²) < 4.78 is 0. The number of amides is 1. The third kappa shape index (κ3) is 8.16. The number of nitrogens with two attached hydrogens (primary N) is 1. The van der Waals surface area contributed by atoms with Crippen molar-refractivity contribution in [1.29, 1.82) is 0 Å². The fraction of sp³-hybridized carbons (Fsp3) is 0.923. The smallest absolute Gasteiger partial charge is 0.220 e.